The van der Waals surface area contributed by atoms with Crippen LogP contribution in [0.4, 0.5) is 0 Å². The molecule has 126 valence electrons. The van der Waals surface area contributed by atoms with Crippen LogP contribution >= 0.6 is 0 Å². The van der Waals surface area contributed by atoms with Crippen LogP contribution in [0.25, 0.3) is 11.1 Å². The first-order valence-corrected chi connectivity index (χ1v) is 8.25. The molecule has 1 aliphatic rings. The monoisotopic (exact) mass is 325 g/mol. The number of aromatic nitrogens is 1. The molecule has 0 saturated carbocycles. The average molecular weight is 325 g/mol. The Labute approximate surface area is 141 Å². The third-order valence-corrected chi connectivity index (χ3v) is 4.55. The van der Waals surface area contributed by atoms with Crippen molar-refractivity contribution in [3.05, 3.63) is 57.5 Å². The van der Waals surface area contributed by atoms with Gasteiger partial charge in [0.15, 0.2) is 0 Å². The van der Waals surface area contributed by atoms with E-state index >= 15 is 0 Å². The van der Waals surface area contributed by atoms with Gasteiger partial charge in [0.2, 0.25) is 0 Å². The minimum atomic E-state index is 0.0157. The molecule has 2 aromatic rings. The number of hydrogen-bond donors (Lipinski definition) is 1. The summed E-state index contributed by atoms with van der Waals surface area (Å²) in [4.78, 5) is 26.4. The Balaban J connectivity index is 1.93. The molecule has 5 heteroatoms. The lowest BCUT2D eigenvalue weighted by molar-refractivity contribution is 0.0735. The van der Waals surface area contributed by atoms with Crippen LogP contribution in [0, 0.1) is 13.8 Å². The van der Waals surface area contributed by atoms with E-state index in [-0.39, 0.29) is 11.5 Å². The third kappa shape index (κ3) is 3.12. The van der Waals surface area contributed by atoms with Gasteiger partial charge in [-0.25, -0.2) is 0 Å². The quantitative estimate of drug-likeness (QED) is 0.915. The summed E-state index contributed by atoms with van der Waals surface area (Å²) in [6, 6.07) is 7.71. The van der Waals surface area contributed by atoms with Gasteiger partial charge < -0.3 is 14.8 Å². The smallest absolute Gasteiger partial charge is 0.253 e. The minimum absolute atomic E-state index is 0.0157. The second-order valence-electron chi connectivity index (χ2n) is 6.40. The fourth-order valence-electron chi connectivity index (χ4n) is 3.20. The maximum Gasteiger partial charge on any atom is 0.253 e. The van der Waals surface area contributed by atoms with Crippen molar-refractivity contribution in [3.8, 4) is 11.1 Å². The zero-order valence-electron chi connectivity index (χ0n) is 14.4. The van der Waals surface area contributed by atoms with Gasteiger partial charge in [0.25, 0.3) is 11.5 Å². The van der Waals surface area contributed by atoms with E-state index in [0.717, 1.165) is 54.0 Å². The molecule has 0 bridgehead atoms. The number of carbonyl (C=O) groups is 1. The summed E-state index contributed by atoms with van der Waals surface area (Å²) < 4.78 is 1.60. The van der Waals surface area contributed by atoms with Gasteiger partial charge in [0.05, 0.1) is 0 Å². The van der Waals surface area contributed by atoms with Crippen LogP contribution in [0.5, 0.6) is 0 Å². The van der Waals surface area contributed by atoms with E-state index in [2.05, 4.69) is 5.32 Å². The molecule has 0 atom stereocenters. The maximum atomic E-state index is 12.6. The van der Waals surface area contributed by atoms with Crippen LogP contribution in [-0.4, -0.2) is 41.6 Å². The summed E-state index contributed by atoms with van der Waals surface area (Å²) in [7, 11) is 1.76. The Bertz CT molecular complexity index is 807. The molecule has 1 saturated heterocycles. The normalized spacial score (nSPS) is 14.7. The number of piperazine rings is 1. The first kappa shape index (κ1) is 16.5. The van der Waals surface area contributed by atoms with Crippen LogP contribution in [-0.2, 0) is 7.05 Å². The number of amides is 1. The van der Waals surface area contributed by atoms with E-state index in [4.69, 9.17) is 0 Å². The van der Waals surface area contributed by atoms with Crippen LogP contribution in [0.2, 0.25) is 0 Å². The van der Waals surface area contributed by atoms with E-state index in [0.29, 0.717) is 0 Å². The van der Waals surface area contributed by atoms with Crippen LogP contribution < -0.4 is 10.9 Å². The zero-order chi connectivity index (χ0) is 17.3. The summed E-state index contributed by atoms with van der Waals surface area (Å²) in [5.74, 6) is 0.0859. The maximum absolute atomic E-state index is 12.6. The van der Waals surface area contributed by atoms with Gasteiger partial charge in [-0.2, -0.15) is 0 Å². The van der Waals surface area contributed by atoms with Crippen molar-refractivity contribution in [2.75, 3.05) is 26.2 Å². The molecule has 1 amide bonds. The number of nitrogens with zero attached hydrogens (tertiary/aromatic N) is 2. The predicted molar refractivity (Wildman–Crippen MR) is 95.4 cm³/mol. The summed E-state index contributed by atoms with van der Waals surface area (Å²) in [6.07, 6.45) is 1.84. The zero-order valence-corrected chi connectivity index (χ0v) is 14.4. The lowest BCUT2D eigenvalue weighted by Crippen LogP contribution is -2.46. The minimum Gasteiger partial charge on any atom is -0.336 e. The summed E-state index contributed by atoms with van der Waals surface area (Å²) in [5, 5.41) is 3.26. The molecular weight excluding hydrogens is 302 g/mol. The van der Waals surface area contributed by atoms with E-state index in [1.54, 1.807) is 11.6 Å². The number of rotatable bonds is 2. The topological polar surface area (TPSA) is 54.3 Å². The van der Waals surface area contributed by atoms with Crippen molar-refractivity contribution >= 4 is 5.91 Å². The number of carbonyl (C=O) groups excluding carboxylic acids is 1. The number of aryl methyl sites for hydroxylation is 3. The largest absolute Gasteiger partial charge is 0.336 e. The molecule has 1 N–H and O–H groups in total. The lowest BCUT2D eigenvalue weighted by atomic mass is 9.98. The van der Waals surface area contributed by atoms with Crippen molar-refractivity contribution in [2.45, 2.75) is 13.8 Å². The second-order valence-corrected chi connectivity index (χ2v) is 6.40. The van der Waals surface area contributed by atoms with Crippen molar-refractivity contribution in [3.63, 3.8) is 0 Å². The SMILES string of the molecule is Cc1cc(C(=O)N2CCNCC2)ccc1-c1cc(C)c(=O)n(C)c1. The number of pyridine rings is 1. The summed E-state index contributed by atoms with van der Waals surface area (Å²) in [6.45, 7) is 7.02. The fourth-order valence-corrected chi connectivity index (χ4v) is 3.20. The van der Waals surface area contributed by atoms with Gasteiger partial charge in [-0.05, 0) is 48.7 Å². The molecular formula is C19H23N3O2. The molecule has 2 heterocycles. The standard InChI is InChI=1S/C19H23N3O2/c1-13-10-15(19(24)22-8-6-20-7-9-22)4-5-17(13)16-11-14(2)18(23)21(3)12-16/h4-5,10-12,20H,6-9H2,1-3H3. The van der Waals surface area contributed by atoms with Crippen molar-refractivity contribution in [1.82, 2.24) is 14.8 Å². The molecule has 5 nitrogen and oxygen atoms in total. The second kappa shape index (κ2) is 6.61. The Morgan fingerprint density at radius 2 is 1.79 bits per heavy atom. The molecule has 0 radical (unpaired) electrons. The van der Waals surface area contributed by atoms with Gasteiger partial charge in [0.1, 0.15) is 0 Å². The van der Waals surface area contributed by atoms with Gasteiger partial charge in [0, 0.05) is 50.6 Å². The van der Waals surface area contributed by atoms with E-state index in [1.807, 2.05) is 49.2 Å². The van der Waals surface area contributed by atoms with Crippen LogP contribution in [0.1, 0.15) is 21.5 Å². The van der Waals surface area contributed by atoms with Crippen molar-refractivity contribution < 1.29 is 4.79 Å². The van der Waals surface area contributed by atoms with E-state index < -0.39 is 0 Å². The highest BCUT2D eigenvalue weighted by Gasteiger charge is 2.18. The molecule has 0 unspecified atom stereocenters. The molecule has 0 spiro atoms. The van der Waals surface area contributed by atoms with Crippen LogP contribution in [0.15, 0.2) is 35.3 Å². The molecule has 0 aliphatic carbocycles. The Morgan fingerprint density at radius 3 is 2.42 bits per heavy atom. The van der Waals surface area contributed by atoms with Gasteiger partial charge >= 0.3 is 0 Å². The highest BCUT2D eigenvalue weighted by Crippen LogP contribution is 2.24. The summed E-state index contributed by atoms with van der Waals surface area (Å²) in [5.41, 5.74) is 4.53. The van der Waals surface area contributed by atoms with Gasteiger partial charge in [-0.3, -0.25) is 9.59 Å². The van der Waals surface area contributed by atoms with Gasteiger partial charge in [-0.1, -0.05) is 6.07 Å². The predicted octanol–water partition coefficient (Wildman–Crippen LogP) is 1.71. The van der Waals surface area contributed by atoms with Crippen molar-refractivity contribution in [2.24, 2.45) is 7.05 Å². The number of hydrogen-bond acceptors (Lipinski definition) is 3. The molecule has 24 heavy (non-hydrogen) atoms. The lowest BCUT2D eigenvalue weighted by Gasteiger charge is -2.27. The molecule has 1 aliphatic heterocycles. The van der Waals surface area contributed by atoms with E-state index in [1.165, 1.54) is 0 Å². The van der Waals surface area contributed by atoms with Gasteiger partial charge in [-0.15, -0.1) is 0 Å². The molecule has 1 aromatic heterocycles. The Hall–Kier alpha value is -2.40. The first-order chi connectivity index (χ1) is 11.5. The Kier molecular flexibility index (Phi) is 4.53. The van der Waals surface area contributed by atoms with Crippen molar-refractivity contribution in [1.29, 1.82) is 0 Å². The van der Waals surface area contributed by atoms with E-state index in [9.17, 15) is 9.59 Å². The molecule has 1 fully saturated rings. The average Bonchev–Trinajstić information content (AvgIpc) is 2.59. The third-order valence-electron chi connectivity index (χ3n) is 4.55. The number of nitrogens with one attached hydrogen (secondary N) is 1. The molecule has 1 aromatic carbocycles. The number of benzene rings is 1. The summed E-state index contributed by atoms with van der Waals surface area (Å²) >= 11 is 0. The fraction of sp³-hybridized carbons (Fsp3) is 0.368. The highest BCUT2D eigenvalue weighted by molar-refractivity contribution is 5.95. The first-order valence-electron chi connectivity index (χ1n) is 8.25. The van der Waals surface area contributed by atoms with Crippen LogP contribution in [0.3, 0.4) is 0 Å². The highest BCUT2D eigenvalue weighted by atomic mass is 16.2. The Morgan fingerprint density at radius 1 is 1.08 bits per heavy atom. The molecule has 3 rings (SSSR count).